The first-order valence-electron chi connectivity index (χ1n) is 6.49. The predicted octanol–water partition coefficient (Wildman–Crippen LogP) is 2.18. The van der Waals surface area contributed by atoms with Crippen molar-refractivity contribution in [2.24, 2.45) is 5.73 Å². The Morgan fingerprint density at radius 2 is 1.75 bits per heavy atom. The maximum absolute atomic E-state index is 12.8. The first-order valence-corrected chi connectivity index (χ1v) is 6.49. The van der Waals surface area contributed by atoms with Crippen molar-refractivity contribution in [2.75, 3.05) is 6.54 Å². The molecule has 1 amide bonds. The Kier molecular flexibility index (Phi) is 4.85. The number of amides is 1. The predicted molar refractivity (Wildman–Crippen MR) is 76.5 cm³/mol. The summed E-state index contributed by atoms with van der Waals surface area (Å²) < 4.78 is 12.8. The molecule has 104 valence electrons. The van der Waals surface area contributed by atoms with Crippen LogP contribution in [0.1, 0.15) is 17.2 Å². The second-order valence-electron chi connectivity index (χ2n) is 4.58. The SMILES string of the molecule is NC(=O)C(NCCc1ccc(F)cc1)c1ccccc1. The van der Waals surface area contributed by atoms with Crippen molar-refractivity contribution in [3.05, 3.63) is 71.5 Å². The molecule has 2 aromatic rings. The summed E-state index contributed by atoms with van der Waals surface area (Å²) in [6.45, 7) is 0.591. The maximum Gasteiger partial charge on any atom is 0.239 e. The average Bonchev–Trinajstić information content (AvgIpc) is 2.46. The van der Waals surface area contributed by atoms with Gasteiger partial charge in [-0.25, -0.2) is 4.39 Å². The van der Waals surface area contributed by atoms with E-state index in [1.54, 1.807) is 12.1 Å². The molecule has 2 rings (SSSR count). The zero-order valence-corrected chi connectivity index (χ0v) is 11.1. The van der Waals surface area contributed by atoms with Gasteiger partial charge >= 0.3 is 0 Å². The average molecular weight is 272 g/mol. The summed E-state index contributed by atoms with van der Waals surface area (Å²) in [5.74, 6) is -0.656. The van der Waals surface area contributed by atoms with Gasteiger partial charge in [0.25, 0.3) is 0 Å². The van der Waals surface area contributed by atoms with Crippen LogP contribution >= 0.6 is 0 Å². The number of carbonyl (C=O) groups excluding carboxylic acids is 1. The van der Waals surface area contributed by atoms with E-state index < -0.39 is 11.9 Å². The van der Waals surface area contributed by atoms with Crippen molar-refractivity contribution in [3.63, 3.8) is 0 Å². The molecule has 20 heavy (non-hydrogen) atoms. The van der Waals surface area contributed by atoms with E-state index in [4.69, 9.17) is 5.73 Å². The minimum atomic E-state index is -0.503. The number of benzene rings is 2. The highest BCUT2D eigenvalue weighted by Gasteiger charge is 2.16. The molecule has 1 unspecified atom stereocenters. The fraction of sp³-hybridized carbons (Fsp3) is 0.188. The van der Waals surface area contributed by atoms with Crippen molar-refractivity contribution in [2.45, 2.75) is 12.5 Å². The highest BCUT2D eigenvalue weighted by molar-refractivity contribution is 5.81. The Morgan fingerprint density at radius 1 is 1.10 bits per heavy atom. The fourth-order valence-electron chi connectivity index (χ4n) is 2.04. The quantitative estimate of drug-likeness (QED) is 0.847. The Bertz CT molecular complexity index is 554. The number of carbonyl (C=O) groups is 1. The van der Waals surface area contributed by atoms with E-state index in [9.17, 15) is 9.18 Å². The summed E-state index contributed by atoms with van der Waals surface area (Å²) in [6, 6.07) is 15.2. The largest absolute Gasteiger partial charge is 0.368 e. The second-order valence-corrected chi connectivity index (χ2v) is 4.58. The molecule has 3 N–H and O–H groups in total. The van der Waals surface area contributed by atoms with Crippen molar-refractivity contribution in [3.8, 4) is 0 Å². The lowest BCUT2D eigenvalue weighted by Gasteiger charge is -2.15. The Morgan fingerprint density at radius 3 is 2.35 bits per heavy atom. The van der Waals surface area contributed by atoms with Gasteiger partial charge in [-0.2, -0.15) is 0 Å². The molecule has 0 aliphatic heterocycles. The maximum atomic E-state index is 12.8. The normalized spacial score (nSPS) is 12.1. The number of nitrogens with two attached hydrogens (primary N) is 1. The lowest BCUT2D eigenvalue weighted by molar-refractivity contribution is -0.120. The zero-order chi connectivity index (χ0) is 14.4. The third-order valence-electron chi connectivity index (χ3n) is 3.09. The van der Waals surface area contributed by atoms with Crippen molar-refractivity contribution < 1.29 is 9.18 Å². The molecular formula is C16H17FN2O. The summed E-state index contributed by atoms with van der Waals surface area (Å²) in [6.07, 6.45) is 0.705. The molecule has 0 radical (unpaired) electrons. The molecule has 0 aliphatic rings. The minimum absolute atomic E-state index is 0.249. The van der Waals surface area contributed by atoms with Gasteiger partial charge in [0.1, 0.15) is 11.9 Å². The molecule has 0 aromatic heterocycles. The van der Waals surface area contributed by atoms with Gasteiger partial charge in [-0.3, -0.25) is 4.79 Å². The van der Waals surface area contributed by atoms with Gasteiger partial charge in [0.2, 0.25) is 5.91 Å². The number of primary amides is 1. The van der Waals surface area contributed by atoms with E-state index in [1.807, 2.05) is 30.3 Å². The molecule has 3 nitrogen and oxygen atoms in total. The van der Waals surface area contributed by atoms with E-state index in [-0.39, 0.29) is 5.82 Å². The molecular weight excluding hydrogens is 255 g/mol. The molecule has 0 bridgehead atoms. The molecule has 0 fully saturated rings. The Labute approximate surface area is 117 Å². The second kappa shape index (κ2) is 6.82. The van der Waals surface area contributed by atoms with Gasteiger partial charge in [0.15, 0.2) is 0 Å². The standard InChI is InChI=1S/C16H17FN2O/c17-14-8-6-12(7-9-14)10-11-19-15(16(18)20)13-4-2-1-3-5-13/h1-9,15,19H,10-11H2,(H2,18,20). The molecule has 0 saturated heterocycles. The van der Waals surface area contributed by atoms with Gasteiger partial charge in [-0.15, -0.1) is 0 Å². The number of hydrogen-bond acceptors (Lipinski definition) is 2. The van der Waals surface area contributed by atoms with Crippen molar-refractivity contribution in [1.82, 2.24) is 5.32 Å². The number of rotatable bonds is 6. The van der Waals surface area contributed by atoms with Gasteiger partial charge in [-0.05, 0) is 29.7 Å². The van der Waals surface area contributed by atoms with E-state index in [0.717, 1.165) is 11.1 Å². The van der Waals surface area contributed by atoms with Crippen LogP contribution in [0.5, 0.6) is 0 Å². The minimum Gasteiger partial charge on any atom is -0.368 e. The van der Waals surface area contributed by atoms with Crippen LogP contribution in [0.15, 0.2) is 54.6 Å². The van der Waals surface area contributed by atoms with Crippen LogP contribution in [-0.4, -0.2) is 12.5 Å². The van der Waals surface area contributed by atoms with Gasteiger partial charge in [0, 0.05) is 6.54 Å². The van der Waals surface area contributed by atoms with Crippen LogP contribution < -0.4 is 11.1 Å². The van der Waals surface area contributed by atoms with E-state index >= 15 is 0 Å². The summed E-state index contributed by atoms with van der Waals surface area (Å²) in [4.78, 5) is 11.5. The molecule has 0 spiro atoms. The molecule has 4 heteroatoms. The third-order valence-corrected chi connectivity index (χ3v) is 3.09. The number of hydrogen-bond donors (Lipinski definition) is 2. The Hall–Kier alpha value is -2.20. The van der Waals surface area contributed by atoms with Crippen molar-refractivity contribution in [1.29, 1.82) is 0 Å². The smallest absolute Gasteiger partial charge is 0.239 e. The lowest BCUT2D eigenvalue weighted by Crippen LogP contribution is -2.34. The van der Waals surface area contributed by atoms with Gasteiger partial charge < -0.3 is 11.1 Å². The summed E-state index contributed by atoms with van der Waals surface area (Å²) >= 11 is 0. The van der Waals surface area contributed by atoms with Crippen LogP contribution in [0.3, 0.4) is 0 Å². The first-order chi connectivity index (χ1) is 9.66. The van der Waals surface area contributed by atoms with Crippen LogP contribution in [-0.2, 0) is 11.2 Å². The van der Waals surface area contributed by atoms with Crippen molar-refractivity contribution >= 4 is 5.91 Å². The number of nitrogens with one attached hydrogen (secondary N) is 1. The van der Waals surface area contributed by atoms with Gasteiger partial charge in [-0.1, -0.05) is 42.5 Å². The van der Waals surface area contributed by atoms with Crippen LogP contribution in [0.2, 0.25) is 0 Å². The Balaban J connectivity index is 1.93. The molecule has 0 heterocycles. The highest BCUT2D eigenvalue weighted by atomic mass is 19.1. The molecule has 0 saturated carbocycles. The third kappa shape index (κ3) is 3.90. The summed E-state index contributed by atoms with van der Waals surface area (Å²) in [7, 11) is 0. The summed E-state index contributed by atoms with van der Waals surface area (Å²) in [5.41, 5.74) is 7.27. The fourth-order valence-corrected chi connectivity index (χ4v) is 2.04. The molecule has 0 aliphatic carbocycles. The van der Waals surface area contributed by atoms with E-state index in [0.29, 0.717) is 13.0 Å². The summed E-state index contributed by atoms with van der Waals surface area (Å²) in [5, 5.41) is 3.13. The number of halogens is 1. The topological polar surface area (TPSA) is 55.1 Å². The van der Waals surface area contributed by atoms with Crippen LogP contribution in [0, 0.1) is 5.82 Å². The van der Waals surface area contributed by atoms with E-state index in [2.05, 4.69) is 5.32 Å². The monoisotopic (exact) mass is 272 g/mol. The molecule has 2 aromatic carbocycles. The van der Waals surface area contributed by atoms with E-state index in [1.165, 1.54) is 12.1 Å². The lowest BCUT2D eigenvalue weighted by atomic mass is 10.1. The highest BCUT2D eigenvalue weighted by Crippen LogP contribution is 2.12. The van der Waals surface area contributed by atoms with Crippen LogP contribution in [0.4, 0.5) is 4.39 Å². The molecule has 1 atom stereocenters. The zero-order valence-electron chi connectivity index (χ0n) is 11.1. The first kappa shape index (κ1) is 14.2. The van der Waals surface area contributed by atoms with Gasteiger partial charge in [0.05, 0.1) is 0 Å². The van der Waals surface area contributed by atoms with Crippen LogP contribution in [0.25, 0.3) is 0 Å².